The summed E-state index contributed by atoms with van der Waals surface area (Å²) in [6.07, 6.45) is -3.94. The van der Waals surface area contributed by atoms with E-state index >= 15 is 0 Å². The summed E-state index contributed by atoms with van der Waals surface area (Å²) in [7, 11) is 0. The third kappa shape index (κ3) is 6.81. The second-order valence-corrected chi connectivity index (χ2v) is 7.52. The first kappa shape index (κ1) is 24.8. The van der Waals surface area contributed by atoms with Gasteiger partial charge in [0, 0.05) is 38.4 Å². The molecule has 6 N–H and O–H groups in total. The Labute approximate surface area is 187 Å². The number of pyridine rings is 1. The number of carbonyl (C=O) groups excluding carboxylic acids is 1. The molecule has 1 fully saturated rings. The van der Waals surface area contributed by atoms with Crippen LogP contribution in [0, 0.1) is 0 Å². The molecule has 0 bridgehead atoms. The van der Waals surface area contributed by atoms with E-state index in [2.05, 4.69) is 25.6 Å². The second-order valence-electron chi connectivity index (χ2n) is 7.52. The highest BCUT2D eigenvalue weighted by molar-refractivity contribution is 5.92. The van der Waals surface area contributed by atoms with E-state index in [0.29, 0.717) is 24.9 Å². The molecule has 0 saturated carbocycles. The van der Waals surface area contributed by atoms with Gasteiger partial charge in [-0.3, -0.25) is 9.78 Å². The average molecular weight is 470 g/mol. The van der Waals surface area contributed by atoms with Gasteiger partial charge < -0.3 is 31.3 Å². The zero-order valence-corrected chi connectivity index (χ0v) is 17.5. The van der Waals surface area contributed by atoms with Crippen LogP contribution in [0.5, 0.6) is 0 Å². The third-order valence-electron chi connectivity index (χ3n) is 5.08. The normalized spacial score (nSPS) is 22.5. The van der Waals surface area contributed by atoms with Gasteiger partial charge in [0.05, 0.1) is 18.5 Å². The predicted molar refractivity (Wildman–Crippen MR) is 110 cm³/mol. The molecule has 4 rings (SSSR count). The fraction of sp³-hybridized carbons (Fsp3) is 0.500. The minimum absolute atomic E-state index is 0.150. The number of hydrogen-bond donors (Lipinski definition) is 5. The molecule has 180 valence electrons. The summed E-state index contributed by atoms with van der Waals surface area (Å²) in [6.45, 7) is 2.18. The number of nitrogens with zero attached hydrogens (tertiary/aromatic N) is 3. The SMILES string of the molecule is Nc1cncc(C(F)(F)F)n1.O=C(NCC1OCCC(O)C1O)c1ccc2c(n1)CCNC2. The summed E-state index contributed by atoms with van der Waals surface area (Å²) in [5, 5.41) is 25.4. The molecule has 0 aromatic carbocycles. The minimum Gasteiger partial charge on any atom is -0.390 e. The summed E-state index contributed by atoms with van der Waals surface area (Å²) >= 11 is 0. The van der Waals surface area contributed by atoms with Crippen LogP contribution in [0.2, 0.25) is 0 Å². The molecule has 10 nitrogen and oxygen atoms in total. The zero-order valence-electron chi connectivity index (χ0n) is 17.5. The molecule has 33 heavy (non-hydrogen) atoms. The number of rotatable bonds is 3. The highest BCUT2D eigenvalue weighted by atomic mass is 19.4. The molecular weight excluding hydrogens is 445 g/mol. The van der Waals surface area contributed by atoms with Crippen molar-refractivity contribution in [3.05, 3.63) is 47.2 Å². The molecule has 1 amide bonds. The van der Waals surface area contributed by atoms with Crippen LogP contribution in [0.3, 0.4) is 0 Å². The van der Waals surface area contributed by atoms with Crippen molar-refractivity contribution in [3.8, 4) is 0 Å². The number of hydrogen-bond acceptors (Lipinski definition) is 9. The molecule has 3 atom stereocenters. The van der Waals surface area contributed by atoms with Crippen molar-refractivity contribution in [1.29, 1.82) is 0 Å². The maximum absolute atomic E-state index is 12.2. The average Bonchev–Trinajstić information content (AvgIpc) is 2.79. The molecule has 1 saturated heterocycles. The standard InChI is InChI=1S/C15H21N3O4.C5H4F3N3/c19-12-4-6-22-13(14(12)20)8-17-15(21)11-2-1-9-7-16-5-3-10(9)18-11;6-5(7,8)3-1-10-2-4(9)11-3/h1-2,12-14,16,19-20H,3-8H2,(H,17,21);1-2H,(H2,9,11). The van der Waals surface area contributed by atoms with Crippen LogP contribution in [0.15, 0.2) is 24.5 Å². The number of alkyl halides is 3. The number of aromatic nitrogens is 3. The highest BCUT2D eigenvalue weighted by Crippen LogP contribution is 2.26. The second kappa shape index (κ2) is 10.8. The Morgan fingerprint density at radius 1 is 1.27 bits per heavy atom. The van der Waals surface area contributed by atoms with Crippen LogP contribution >= 0.6 is 0 Å². The van der Waals surface area contributed by atoms with Gasteiger partial charge in [-0.05, 0) is 18.1 Å². The molecule has 3 unspecified atom stereocenters. The fourth-order valence-electron chi connectivity index (χ4n) is 3.30. The first-order valence-electron chi connectivity index (χ1n) is 10.3. The summed E-state index contributed by atoms with van der Waals surface area (Å²) < 4.78 is 40.8. The van der Waals surface area contributed by atoms with Crippen LogP contribution in [-0.4, -0.2) is 69.1 Å². The van der Waals surface area contributed by atoms with Gasteiger partial charge in [-0.15, -0.1) is 0 Å². The first-order valence-corrected chi connectivity index (χ1v) is 10.3. The Balaban J connectivity index is 0.000000235. The minimum atomic E-state index is -4.47. The number of nitrogen functional groups attached to an aromatic ring is 1. The maximum Gasteiger partial charge on any atom is 0.434 e. The summed E-state index contributed by atoms with van der Waals surface area (Å²) in [6, 6.07) is 3.62. The van der Waals surface area contributed by atoms with Gasteiger partial charge in [0.25, 0.3) is 5.91 Å². The lowest BCUT2D eigenvalue weighted by molar-refractivity contribution is -0.141. The quantitative estimate of drug-likeness (QED) is 0.418. The number of halogens is 3. The lowest BCUT2D eigenvalue weighted by Gasteiger charge is -2.32. The van der Waals surface area contributed by atoms with E-state index in [1.165, 1.54) is 0 Å². The van der Waals surface area contributed by atoms with Gasteiger partial charge in [-0.2, -0.15) is 13.2 Å². The molecule has 2 aromatic heterocycles. The maximum atomic E-state index is 12.2. The van der Waals surface area contributed by atoms with Crippen molar-refractivity contribution >= 4 is 11.7 Å². The lowest BCUT2D eigenvalue weighted by atomic mass is 10.0. The van der Waals surface area contributed by atoms with E-state index in [-0.39, 0.29) is 18.3 Å². The molecule has 4 heterocycles. The van der Waals surface area contributed by atoms with Gasteiger partial charge in [-0.25, -0.2) is 9.97 Å². The van der Waals surface area contributed by atoms with Gasteiger partial charge in [0.15, 0.2) is 5.69 Å². The van der Waals surface area contributed by atoms with Crippen molar-refractivity contribution in [3.63, 3.8) is 0 Å². The van der Waals surface area contributed by atoms with E-state index in [9.17, 15) is 28.2 Å². The molecule has 0 spiro atoms. The molecular formula is C20H25F3N6O4. The molecule has 2 aliphatic rings. The fourth-order valence-corrected chi connectivity index (χ4v) is 3.30. The lowest BCUT2D eigenvalue weighted by Crippen LogP contribution is -2.50. The monoisotopic (exact) mass is 470 g/mol. The van der Waals surface area contributed by atoms with Gasteiger partial charge in [-0.1, -0.05) is 6.07 Å². The number of anilines is 1. The number of nitrogens with one attached hydrogen (secondary N) is 2. The summed E-state index contributed by atoms with van der Waals surface area (Å²) in [5.41, 5.74) is 6.35. The molecule has 0 radical (unpaired) electrons. The largest absolute Gasteiger partial charge is 0.434 e. The summed E-state index contributed by atoms with van der Waals surface area (Å²) in [5.74, 6) is -0.531. The first-order chi connectivity index (χ1) is 15.6. The molecule has 0 aliphatic carbocycles. The van der Waals surface area contributed by atoms with E-state index < -0.39 is 30.2 Å². The molecule has 13 heteroatoms. The highest BCUT2D eigenvalue weighted by Gasteiger charge is 2.33. The number of fused-ring (bicyclic) bond motifs is 1. The Morgan fingerprint density at radius 3 is 2.76 bits per heavy atom. The summed E-state index contributed by atoms with van der Waals surface area (Å²) in [4.78, 5) is 22.9. The Morgan fingerprint density at radius 2 is 2.06 bits per heavy atom. The number of ether oxygens (including phenoxy) is 1. The Bertz CT molecular complexity index is 962. The number of carbonyl (C=O) groups is 1. The number of aliphatic hydroxyl groups excluding tert-OH is 2. The van der Waals surface area contributed by atoms with Crippen LogP contribution in [0.4, 0.5) is 19.0 Å². The zero-order chi connectivity index (χ0) is 24.0. The molecule has 2 aliphatic heterocycles. The third-order valence-corrected chi connectivity index (χ3v) is 5.08. The van der Waals surface area contributed by atoms with E-state index in [1.807, 2.05) is 6.07 Å². The van der Waals surface area contributed by atoms with E-state index in [1.54, 1.807) is 6.07 Å². The smallest absolute Gasteiger partial charge is 0.390 e. The van der Waals surface area contributed by atoms with Gasteiger partial charge in [0.2, 0.25) is 0 Å². The molecule has 2 aromatic rings. The van der Waals surface area contributed by atoms with Crippen molar-refractivity contribution in [2.45, 2.75) is 43.9 Å². The van der Waals surface area contributed by atoms with Crippen LogP contribution < -0.4 is 16.4 Å². The number of aliphatic hydroxyl groups is 2. The van der Waals surface area contributed by atoms with Crippen molar-refractivity contribution in [2.24, 2.45) is 0 Å². The van der Waals surface area contributed by atoms with E-state index in [4.69, 9.17) is 10.5 Å². The van der Waals surface area contributed by atoms with Crippen molar-refractivity contribution in [1.82, 2.24) is 25.6 Å². The number of nitrogens with two attached hydrogens (primary N) is 1. The van der Waals surface area contributed by atoms with Crippen molar-refractivity contribution in [2.75, 3.05) is 25.4 Å². The topological polar surface area (TPSA) is 156 Å². The predicted octanol–water partition coefficient (Wildman–Crippen LogP) is 0.0454. The van der Waals surface area contributed by atoms with Gasteiger partial charge in [0.1, 0.15) is 23.7 Å². The van der Waals surface area contributed by atoms with Crippen LogP contribution in [0.25, 0.3) is 0 Å². The van der Waals surface area contributed by atoms with E-state index in [0.717, 1.165) is 37.0 Å². The van der Waals surface area contributed by atoms with Crippen LogP contribution in [0.1, 0.15) is 33.9 Å². The van der Waals surface area contributed by atoms with Crippen LogP contribution in [-0.2, 0) is 23.9 Å². The number of amides is 1. The Kier molecular flexibility index (Phi) is 8.13. The van der Waals surface area contributed by atoms with Crippen molar-refractivity contribution < 1.29 is 32.9 Å². The Hall–Kier alpha value is -2.87. The van der Waals surface area contributed by atoms with Gasteiger partial charge >= 0.3 is 6.18 Å².